The van der Waals surface area contributed by atoms with Crippen molar-refractivity contribution in [1.82, 2.24) is 5.32 Å². The van der Waals surface area contributed by atoms with Crippen molar-refractivity contribution in [3.8, 4) is 0 Å². The number of nitrogens with one attached hydrogen (secondary N) is 4. The van der Waals surface area contributed by atoms with Gasteiger partial charge in [0.2, 0.25) is 5.91 Å². The Morgan fingerprint density at radius 1 is 0.771 bits per heavy atom. The van der Waals surface area contributed by atoms with Crippen molar-refractivity contribution >= 4 is 34.8 Å². The number of aryl methyl sites for hydroxylation is 1. The van der Waals surface area contributed by atoms with E-state index >= 15 is 0 Å². The molecule has 0 heterocycles. The first-order chi connectivity index (χ1) is 16.9. The van der Waals surface area contributed by atoms with E-state index in [-0.39, 0.29) is 24.3 Å². The van der Waals surface area contributed by atoms with Crippen LogP contribution in [0.1, 0.15) is 32.7 Å². The molecule has 0 atom stereocenters. The van der Waals surface area contributed by atoms with Gasteiger partial charge in [0.25, 0.3) is 11.8 Å². The van der Waals surface area contributed by atoms with Crippen molar-refractivity contribution in [1.29, 1.82) is 0 Å². The maximum absolute atomic E-state index is 12.4. The van der Waals surface area contributed by atoms with E-state index < -0.39 is 0 Å². The molecule has 0 aliphatic heterocycles. The second kappa shape index (κ2) is 12.9. The van der Waals surface area contributed by atoms with Crippen molar-refractivity contribution in [2.75, 3.05) is 42.8 Å². The minimum absolute atomic E-state index is 0.0662. The Hall–Kier alpha value is -4.17. The fourth-order valence-corrected chi connectivity index (χ4v) is 3.27. The van der Waals surface area contributed by atoms with Gasteiger partial charge in [-0.25, -0.2) is 0 Å². The highest BCUT2D eigenvalue weighted by molar-refractivity contribution is 6.04. The molecule has 3 rings (SSSR count). The van der Waals surface area contributed by atoms with E-state index in [0.717, 1.165) is 17.7 Å². The number of benzene rings is 3. The van der Waals surface area contributed by atoms with Crippen molar-refractivity contribution < 1.29 is 19.1 Å². The van der Waals surface area contributed by atoms with Crippen LogP contribution in [-0.2, 0) is 9.53 Å². The summed E-state index contributed by atoms with van der Waals surface area (Å²) in [6.07, 6.45) is 0.744. The first-order valence-corrected chi connectivity index (χ1v) is 11.3. The van der Waals surface area contributed by atoms with Gasteiger partial charge in [0.05, 0.1) is 6.54 Å². The van der Waals surface area contributed by atoms with E-state index in [9.17, 15) is 14.4 Å². The second-order valence-corrected chi connectivity index (χ2v) is 7.98. The molecule has 3 amide bonds. The van der Waals surface area contributed by atoms with Gasteiger partial charge in [-0.15, -0.1) is 0 Å². The number of methoxy groups -OCH3 is 1. The maximum Gasteiger partial charge on any atom is 0.255 e. The lowest BCUT2D eigenvalue weighted by atomic mass is 10.1. The number of anilines is 3. The van der Waals surface area contributed by atoms with E-state index in [1.54, 1.807) is 61.7 Å². The molecule has 0 aromatic heterocycles. The average Bonchev–Trinajstić information content (AvgIpc) is 2.86. The minimum Gasteiger partial charge on any atom is -0.385 e. The van der Waals surface area contributed by atoms with Crippen LogP contribution in [0.25, 0.3) is 0 Å². The summed E-state index contributed by atoms with van der Waals surface area (Å²) in [5, 5.41) is 11.5. The van der Waals surface area contributed by atoms with Gasteiger partial charge in [0.1, 0.15) is 0 Å². The van der Waals surface area contributed by atoms with Crippen LogP contribution >= 0.6 is 0 Å². The fraction of sp³-hybridized carbons (Fsp3) is 0.222. The highest BCUT2D eigenvalue weighted by atomic mass is 16.5. The zero-order valence-electron chi connectivity index (χ0n) is 19.9. The zero-order valence-corrected chi connectivity index (χ0v) is 19.9. The van der Waals surface area contributed by atoms with E-state index in [0.29, 0.717) is 35.7 Å². The molecule has 0 radical (unpaired) electrons. The lowest BCUT2D eigenvalue weighted by molar-refractivity contribution is -0.114. The van der Waals surface area contributed by atoms with Crippen LogP contribution in [0.3, 0.4) is 0 Å². The molecule has 8 nitrogen and oxygen atoms in total. The van der Waals surface area contributed by atoms with E-state index in [4.69, 9.17) is 4.74 Å². The molecule has 0 bridgehead atoms. The number of hydrogen-bond donors (Lipinski definition) is 4. The summed E-state index contributed by atoms with van der Waals surface area (Å²) < 4.78 is 4.96. The Bertz CT molecular complexity index is 1140. The van der Waals surface area contributed by atoms with E-state index in [1.807, 2.05) is 25.1 Å². The molecule has 0 unspecified atom stereocenters. The molecule has 0 aliphatic carbocycles. The summed E-state index contributed by atoms with van der Waals surface area (Å²) in [5.41, 5.74) is 4.14. The Morgan fingerprint density at radius 2 is 1.43 bits per heavy atom. The highest BCUT2D eigenvalue weighted by Gasteiger charge is 2.08. The monoisotopic (exact) mass is 474 g/mol. The van der Waals surface area contributed by atoms with Gasteiger partial charge in [-0.1, -0.05) is 17.7 Å². The molecule has 0 spiro atoms. The summed E-state index contributed by atoms with van der Waals surface area (Å²) in [7, 11) is 1.62. The SMILES string of the molecule is COCCCNC(=O)c1ccc(NC(=O)CNc2ccc(NC(=O)c3cccc(C)c3)cc2)cc1. The van der Waals surface area contributed by atoms with Crippen LogP contribution in [-0.4, -0.2) is 44.5 Å². The van der Waals surface area contributed by atoms with Crippen LogP contribution in [0.5, 0.6) is 0 Å². The van der Waals surface area contributed by atoms with Crippen molar-refractivity contribution in [3.05, 3.63) is 89.5 Å². The smallest absolute Gasteiger partial charge is 0.255 e. The normalized spacial score (nSPS) is 10.3. The van der Waals surface area contributed by atoms with Crippen molar-refractivity contribution in [2.24, 2.45) is 0 Å². The van der Waals surface area contributed by atoms with Crippen molar-refractivity contribution in [3.63, 3.8) is 0 Å². The third-order valence-corrected chi connectivity index (χ3v) is 5.12. The number of carbonyl (C=O) groups excluding carboxylic acids is 3. The van der Waals surface area contributed by atoms with E-state index in [1.165, 1.54) is 0 Å². The van der Waals surface area contributed by atoms with E-state index in [2.05, 4.69) is 21.3 Å². The predicted molar refractivity (Wildman–Crippen MR) is 138 cm³/mol. The number of rotatable bonds is 11. The Balaban J connectivity index is 1.43. The molecule has 0 saturated heterocycles. The van der Waals surface area contributed by atoms with Crippen LogP contribution in [0.4, 0.5) is 17.1 Å². The number of amides is 3. The number of carbonyl (C=O) groups is 3. The molecule has 3 aromatic rings. The molecule has 182 valence electrons. The molecule has 0 aliphatic rings. The summed E-state index contributed by atoms with van der Waals surface area (Å²) in [6.45, 7) is 3.13. The van der Waals surface area contributed by atoms with Crippen LogP contribution in [0.2, 0.25) is 0 Å². The lowest BCUT2D eigenvalue weighted by Crippen LogP contribution is -2.25. The highest BCUT2D eigenvalue weighted by Crippen LogP contribution is 2.15. The molecular weight excluding hydrogens is 444 g/mol. The van der Waals surface area contributed by atoms with Crippen LogP contribution in [0, 0.1) is 6.92 Å². The summed E-state index contributed by atoms with van der Waals surface area (Å²) in [6, 6.07) is 21.2. The van der Waals surface area contributed by atoms with Crippen LogP contribution < -0.4 is 21.3 Å². The predicted octanol–water partition coefficient (Wildman–Crippen LogP) is 4.06. The fourth-order valence-electron chi connectivity index (χ4n) is 3.27. The van der Waals surface area contributed by atoms with Gasteiger partial charge in [0, 0.05) is 48.5 Å². The number of ether oxygens (including phenoxy) is 1. The Kier molecular flexibility index (Phi) is 9.39. The third kappa shape index (κ3) is 8.28. The zero-order chi connectivity index (χ0) is 25.0. The number of hydrogen-bond acceptors (Lipinski definition) is 5. The molecule has 0 fully saturated rings. The van der Waals surface area contributed by atoms with Gasteiger partial charge >= 0.3 is 0 Å². The van der Waals surface area contributed by atoms with Gasteiger partial charge in [-0.3, -0.25) is 14.4 Å². The average molecular weight is 475 g/mol. The lowest BCUT2D eigenvalue weighted by Gasteiger charge is -2.10. The Labute approximate surface area is 205 Å². The minimum atomic E-state index is -0.224. The first kappa shape index (κ1) is 25.5. The van der Waals surface area contributed by atoms with Gasteiger partial charge in [0.15, 0.2) is 0 Å². The maximum atomic E-state index is 12.4. The third-order valence-electron chi connectivity index (χ3n) is 5.12. The topological polar surface area (TPSA) is 109 Å². The summed E-state index contributed by atoms with van der Waals surface area (Å²) in [4.78, 5) is 36.7. The quantitative estimate of drug-likeness (QED) is 0.314. The van der Waals surface area contributed by atoms with Crippen molar-refractivity contribution in [2.45, 2.75) is 13.3 Å². The summed E-state index contributed by atoms with van der Waals surface area (Å²) in [5.74, 6) is -0.568. The van der Waals surface area contributed by atoms with Gasteiger partial charge < -0.3 is 26.0 Å². The second-order valence-electron chi connectivity index (χ2n) is 7.98. The standard InChI is InChI=1S/C27H30N4O4/c1-19-5-3-6-21(17-19)27(34)31-24-13-11-22(12-14-24)29-18-25(32)30-23-9-7-20(8-10-23)26(33)28-15-4-16-35-2/h3,5-14,17,29H,4,15-16,18H2,1-2H3,(H,28,33)(H,30,32)(H,31,34). The van der Waals surface area contributed by atoms with Gasteiger partial charge in [-0.2, -0.15) is 0 Å². The summed E-state index contributed by atoms with van der Waals surface area (Å²) >= 11 is 0. The molecular formula is C27H30N4O4. The molecule has 35 heavy (non-hydrogen) atoms. The molecule has 0 saturated carbocycles. The molecule has 3 aromatic carbocycles. The molecule has 4 N–H and O–H groups in total. The first-order valence-electron chi connectivity index (χ1n) is 11.3. The Morgan fingerprint density at radius 3 is 2.11 bits per heavy atom. The van der Waals surface area contributed by atoms with Gasteiger partial charge in [-0.05, 0) is 74.0 Å². The molecule has 8 heteroatoms. The van der Waals surface area contributed by atoms with Crippen LogP contribution in [0.15, 0.2) is 72.8 Å². The largest absolute Gasteiger partial charge is 0.385 e.